The van der Waals surface area contributed by atoms with Crippen molar-refractivity contribution < 1.29 is 9.53 Å². The summed E-state index contributed by atoms with van der Waals surface area (Å²) in [5.74, 6) is 0.894. The third-order valence-electron chi connectivity index (χ3n) is 3.61. The van der Waals surface area contributed by atoms with Gasteiger partial charge in [0, 0.05) is 12.5 Å². The van der Waals surface area contributed by atoms with Gasteiger partial charge in [-0.15, -0.1) is 0 Å². The van der Waals surface area contributed by atoms with Crippen molar-refractivity contribution in [2.45, 2.75) is 45.1 Å². The van der Waals surface area contributed by atoms with Crippen LogP contribution in [0.5, 0.6) is 0 Å². The first-order chi connectivity index (χ1) is 8.88. The molecule has 1 aliphatic rings. The van der Waals surface area contributed by atoms with Gasteiger partial charge in [0.1, 0.15) is 6.10 Å². The van der Waals surface area contributed by atoms with Crippen LogP contribution >= 0.6 is 0 Å². The molecule has 1 aliphatic heterocycles. The molecule has 1 radical (unpaired) electrons. The molecular formula is C16H22NO2. The first kappa shape index (κ1) is 14.1. The Labute approximate surface area is 115 Å². The molecule has 1 unspecified atom stereocenters. The summed E-state index contributed by atoms with van der Waals surface area (Å²) < 4.78 is 5.39. The molecule has 1 heterocycles. The first-order valence-corrected chi connectivity index (χ1v) is 6.74. The van der Waals surface area contributed by atoms with Crippen LogP contribution in [0.1, 0.15) is 44.7 Å². The summed E-state index contributed by atoms with van der Waals surface area (Å²) in [5, 5.41) is 0. The molecule has 1 fully saturated rings. The molecule has 19 heavy (non-hydrogen) atoms. The lowest BCUT2D eigenvalue weighted by Gasteiger charge is -2.28. The summed E-state index contributed by atoms with van der Waals surface area (Å²) in [6.45, 7) is 7.18. The van der Waals surface area contributed by atoms with Crippen molar-refractivity contribution in [3.8, 4) is 0 Å². The van der Waals surface area contributed by atoms with Gasteiger partial charge in [0.2, 0.25) is 5.91 Å². The average molecular weight is 260 g/mol. The van der Waals surface area contributed by atoms with Gasteiger partial charge in [-0.3, -0.25) is 4.79 Å². The summed E-state index contributed by atoms with van der Waals surface area (Å²) in [6, 6.07) is 8.55. The van der Waals surface area contributed by atoms with E-state index in [1.165, 1.54) is 17.0 Å². The fourth-order valence-electron chi connectivity index (χ4n) is 2.36. The number of primary amides is 1. The topological polar surface area (TPSA) is 52.3 Å². The zero-order chi connectivity index (χ0) is 14.0. The van der Waals surface area contributed by atoms with Crippen molar-refractivity contribution in [2.75, 3.05) is 6.61 Å². The number of carbonyl (C=O) groups excluding carboxylic acids is 1. The van der Waals surface area contributed by atoms with Crippen molar-refractivity contribution in [3.63, 3.8) is 0 Å². The van der Waals surface area contributed by atoms with Crippen LogP contribution in [0.3, 0.4) is 0 Å². The van der Waals surface area contributed by atoms with Crippen molar-refractivity contribution in [1.29, 1.82) is 0 Å². The molecule has 0 aliphatic carbocycles. The van der Waals surface area contributed by atoms with Crippen molar-refractivity contribution >= 4 is 5.91 Å². The van der Waals surface area contributed by atoms with E-state index in [1.54, 1.807) is 0 Å². The second kappa shape index (κ2) is 5.33. The summed E-state index contributed by atoms with van der Waals surface area (Å²) in [7, 11) is 0. The highest BCUT2D eigenvalue weighted by Gasteiger charge is 2.28. The standard InChI is InChI=1S/C16H22NO2/c1-16(2,3)13-6-4-5-11(9-13)12-7-8-19-14(10-12)15(17)18/h4-6,9,14H,7-8,10H2,1-3H3,(H2,17,18). The Hall–Kier alpha value is -1.35. The predicted molar refractivity (Wildman–Crippen MR) is 75.7 cm³/mol. The number of nitrogens with two attached hydrogens (primary N) is 1. The summed E-state index contributed by atoms with van der Waals surface area (Å²) in [4.78, 5) is 11.2. The van der Waals surface area contributed by atoms with Gasteiger partial charge in [-0.2, -0.15) is 0 Å². The molecule has 3 nitrogen and oxygen atoms in total. The van der Waals surface area contributed by atoms with Crippen LogP contribution in [-0.4, -0.2) is 18.6 Å². The van der Waals surface area contributed by atoms with E-state index in [-0.39, 0.29) is 11.3 Å². The molecule has 2 rings (SSSR count). The molecule has 0 spiro atoms. The molecule has 0 saturated carbocycles. The van der Waals surface area contributed by atoms with Gasteiger partial charge < -0.3 is 10.5 Å². The quantitative estimate of drug-likeness (QED) is 0.888. The summed E-state index contributed by atoms with van der Waals surface area (Å²) >= 11 is 0. The summed E-state index contributed by atoms with van der Waals surface area (Å²) in [5.41, 5.74) is 7.97. The SMILES string of the molecule is CC(C)(C)c1cccc([C]2CCOC(C(N)=O)C2)c1. The molecule has 1 aromatic carbocycles. The second-order valence-corrected chi connectivity index (χ2v) is 6.15. The molecule has 0 aromatic heterocycles. The van der Waals surface area contributed by atoms with Crippen LogP contribution < -0.4 is 5.73 Å². The Morgan fingerprint density at radius 2 is 2.11 bits per heavy atom. The number of hydrogen-bond acceptors (Lipinski definition) is 2. The molecule has 3 heteroatoms. The lowest BCUT2D eigenvalue weighted by Crippen LogP contribution is -2.36. The van der Waals surface area contributed by atoms with Crippen LogP contribution in [0.15, 0.2) is 24.3 Å². The fraction of sp³-hybridized carbons (Fsp3) is 0.500. The normalized spacial score (nSPS) is 21.3. The molecule has 1 amide bonds. The first-order valence-electron chi connectivity index (χ1n) is 6.74. The number of amides is 1. The third-order valence-corrected chi connectivity index (χ3v) is 3.61. The minimum absolute atomic E-state index is 0.130. The van der Waals surface area contributed by atoms with E-state index in [4.69, 9.17) is 10.5 Å². The second-order valence-electron chi connectivity index (χ2n) is 6.15. The maximum Gasteiger partial charge on any atom is 0.246 e. The van der Waals surface area contributed by atoms with E-state index in [9.17, 15) is 4.79 Å². The largest absolute Gasteiger partial charge is 0.368 e. The molecule has 2 N–H and O–H groups in total. The predicted octanol–water partition coefficient (Wildman–Crippen LogP) is 2.57. The lowest BCUT2D eigenvalue weighted by atomic mass is 9.82. The Balaban J connectivity index is 2.20. The lowest BCUT2D eigenvalue weighted by molar-refractivity contribution is -0.131. The van der Waals surface area contributed by atoms with Crippen molar-refractivity contribution in [1.82, 2.24) is 0 Å². The molecule has 103 valence electrons. The van der Waals surface area contributed by atoms with E-state index in [0.717, 1.165) is 6.42 Å². The third kappa shape index (κ3) is 3.35. The van der Waals surface area contributed by atoms with Gasteiger partial charge in [-0.05, 0) is 29.4 Å². The van der Waals surface area contributed by atoms with Gasteiger partial charge in [0.15, 0.2) is 0 Å². The van der Waals surface area contributed by atoms with Gasteiger partial charge in [0.05, 0.1) is 0 Å². The van der Waals surface area contributed by atoms with Gasteiger partial charge in [-0.1, -0.05) is 45.0 Å². The van der Waals surface area contributed by atoms with Crippen LogP contribution in [0, 0.1) is 5.92 Å². The van der Waals surface area contributed by atoms with Crippen molar-refractivity contribution in [3.05, 3.63) is 41.3 Å². The Bertz CT molecular complexity index is 462. The molecular weight excluding hydrogens is 238 g/mol. The molecule has 1 aromatic rings. The molecule has 1 atom stereocenters. The average Bonchev–Trinajstić information content (AvgIpc) is 2.38. The maximum atomic E-state index is 11.2. The zero-order valence-electron chi connectivity index (χ0n) is 11.9. The van der Waals surface area contributed by atoms with Crippen molar-refractivity contribution in [2.24, 2.45) is 5.73 Å². The smallest absolute Gasteiger partial charge is 0.246 e. The van der Waals surface area contributed by atoms with E-state index >= 15 is 0 Å². The van der Waals surface area contributed by atoms with Crippen LogP contribution in [-0.2, 0) is 14.9 Å². The van der Waals surface area contributed by atoms with Gasteiger partial charge in [-0.25, -0.2) is 0 Å². The van der Waals surface area contributed by atoms with E-state index in [1.807, 2.05) is 0 Å². The molecule has 0 bridgehead atoms. The highest BCUT2D eigenvalue weighted by Crippen LogP contribution is 2.32. The highest BCUT2D eigenvalue weighted by atomic mass is 16.5. The minimum Gasteiger partial charge on any atom is -0.368 e. The van der Waals surface area contributed by atoms with Crippen LogP contribution in [0.25, 0.3) is 0 Å². The Kier molecular flexibility index (Phi) is 3.95. The number of ether oxygens (including phenoxy) is 1. The number of carbonyl (C=O) groups is 1. The van der Waals surface area contributed by atoms with Crippen LogP contribution in [0.4, 0.5) is 0 Å². The zero-order valence-corrected chi connectivity index (χ0v) is 11.9. The monoisotopic (exact) mass is 260 g/mol. The number of rotatable bonds is 2. The minimum atomic E-state index is -0.470. The number of hydrogen-bond donors (Lipinski definition) is 1. The Morgan fingerprint density at radius 1 is 1.37 bits per heavy atom. The Morgan fingerprint density at radius 3 is 2.74 bits per heavy atom. The van der Waals surface area contributed by atoms with Gasteiger partial charge in [0.25, 0.3) is 0 Å². The van der Waals surface area contributed by atoms with E-state index in [2.05, 4.69) is 45.0 Å². The number of benzene rings is 1. The highest BCUT2D eigenvalue weighted by molar-refractivity contribution is 5.79. The van der Waals surface area contributed by atoms with Gasteiger partial charge >= 0.3 is 0 Å². The summed E-state index contributed by atoms with van der Waals surface area (Å²) in [6.07, 6.45) is 1.02. The fourth-order valence-corrected chi connectivity index (χ4v) is 2.36. The molecule has 1 saturated heterocycles. The maximum absolute atomic E-state index is 11.2. The van der Waals surface area contributed by atoms with Crippen LogP contribution in [0.2, 0.25) is 0 Å². The van der Waals surface area contributed by atoms with E-state index in [0.29, 0.717) is 13.0 Å². The van der Waals surface area contributed by atoms with E-state index < -0.39 is 6.10 Å².